The van der Waals surface area contributed by atoms with Gasteiger partial charge >= 0.3 is 18.4 Å². The van der Waals surface area contributed by atoms with Crippen LogP contribution in [0.1, 0.15) is 6.92 Å². The summed E-state index contributed by atoms with van der Waals surface area (Å²) in [5.41, 5.74) is 0.655. The molecule has 0 bridgehead atoms. The molecule has 0 saturated carbocycles. The van der Waals surface area contributed by atoms with E-state index in [-0.39, 0.29) is 11.9 Å². The molecule has 0 aliphatic rings. The van der Waals surface area contributed by atoms with Crippen molar-refractivity contribution < 1.29 is 22.3 Å². The Morgan fingerprint density at radius 2 is 1.84 bits per heavy atom. The van der Waals surface area contributed by atoms with Crippen LogP contribution < -0.4 is 15.0 Å². The lowest BCUT2D eigenvalue weighted by Gasteiger charge is -2.18. The summed E-state index contributed by atoms with van der Waals surface area (Å²) in [7, 11) is 1.68. The number of anilines is 3. The second-order valence-electron chi connectivity index (χ2n) is 5.10. The summed E-state index contributed by atoms with van der Waals surface area (Å²) in [5.74, 6) is -4.09. The average molecular weight is 359 g/mol. The van der Waals surface area contributed by atoms with Gasteiger partial charge in [0, 0.05) is 19.3 Å². The molecule has 0 saturated heterocycles. The molecule has 0 spiro atoms. The lowest BCUT2D eigenvalue weighted by Crippen LogP contribution is -2.34. The van der Waals surface area contributed by atoms with Gasteiger partial charge in [0.05, 0.1) is 0 Å². The standard InChI is InChI=1S/C15H17F4N5O/c1-3-24(2)13-21-12(20-10-7-5-4-6-8-10)22-14(23-13)25-9-15(18,19)11(16)17/h4-8,11H,3,9H2,1-2H3,(H,20,21,22,23). The third-order valence-corrected chi connectivity index (χ3v) is 3.16. The van der Waals surface area contributed by atoms with Crippen LogP contribution in [-0.2, 0) is 0 Å². The summed E-state index contributed by atoms with van der Waals surface area (Å²) in [4.78, 5) is 13.5. The number of para-hydroxylation sites is 1. The van der Waals surface area contributed by atoms with Gasteiger partial charge in [0.25, 0.3) is 0 Å². The first kappa shape index (κ1) is 18.7. The summed E-state index contributed by atoms with van der Waals surface area (Å²) in [5, 5.41) is 2.88. The predicted octanol–water partition coefficient (Wildman–Crippen LogP) is 3.35. The van der Waals surface area contributed by atoms with Crippen molar-refractivity contribution in [1.82, 2.24) is 15.0 Å². The van der Waals surface area contributed by atoms with Gasteiger partial charge in [-0.3, -0.25) is 0 Å². The van der Waals surface area contributed by atoms with Crippen LogP contribution in [0, 0.1) is 0 Å². The van der Waals surface area contributed by atoms with E-state index in [2.05, 4.69) is 25.0 Å². The van der Waals surface area contributed by atoms with Crippen LogP contribution in [0.5, 0.6) is 6.01 Å². The molecule has 1 aromatic heterocycles. The third kappa shape index (κ3) is 5.16. The van der Waals surface area contributed by atoms with Crippen LogP contribution in [0.4, 0.5) is 35.1 Å². The molecule has 0 radical (unpaired) electrons. The molecule has 0 amide bonds. The summed E-state index contributed by atoms with van der Waals surface area (Å²) in [6.45, 7) is 0.829. The number of nitrogens with zero attached hydrogens (tertiary/aromatic N) is 4. The molecule has 136 valence electrons. The Morgan fingerprint density at radius 1 is 1.16 bits per heavy atom. The van der Waals surface area contributed by atoms with Crippen molar-refractivity contribution in [2.75, 3.05) is 30.4 Å². The van der Waals surface area contributed by atoms with Crippen molar-refractivity contribution in [2.24, 2.45) is 0 Å². The fraction of sp³-hybridized carbons (Fsp3) is 0.400. The van der Waals surface area contributed by atoms with E-state index in [4.69, 9.17) is 0 Å². The molecule has 25 heavy (non-hydrogen) atoms. The molecule has 0 atom stereocenters. The number of rotatable bonds is 8. The molecule has 0 unspecified atom stereocenters. The van der Waals surface area contributed by atoms with Crippen molar-refractivity contribution in [3.63, 3.8) is 0 Å². The minimum atomic E-state index is -4.30. The summed E-state index contributed by atoms with van der Waals surface area (Å²) in [6, 6.07) is 8.41. The van der Waals surface area contributed by atoms with Crippen molar-refractivity contribution in [3.8, 4) is 6.01 Å². The molecule has 2 aromatic rings. The fourth-order valence-corrected chi connectivity index (χ4v) is 1.65. The van der Waals surface area contributed by atoms with Crippen molar-refractivity contribution in [2.45, 2.75) is 19.3 Å². The zero-order chi connectivity index (χ0) is 18.4. The van der Waals surface area contributed by atoms with Gasteiger partial charge in [0.15, 0.2) is 6.61 Å². The van der Waals surface area contributed by atoms with Crippen LogP contribution >= 0.6 is 0 Å². The summed E-state index contributed by atoms with van der Waals surface area (Å²) >= 11 is 0. The molecular formula is C15H17F4N5O. The molecule has 1 heterocycles. The van der Waals surface area contributed by atoms with Crippen LogP contribution in [0.25, 0.3) is 0 Å². The number of hydrogen-bond acceptors (Lipinski definition) is 6. The molecular weight excluding hydrogens is 342 g/mol. The minimum Gasteiger partial charge on any atom is -0.457 e. The Morgan fingerprint density at radius 3 is 2.44 bits per heavy atom. The first-order valence-electron chi connectivity index (χ1n) is 7.40. The Balaban J connectivity index is 2.24. The molecule has 1 aromatic carbocycles. The Kier molecular flexibility index (Phi) is 5.94. The molecule has 0 fully saturated rings. The summed E-state index contributed by atoms with van der Waals surface area (Å²) in [6.07, 6.45) is -3.84. The number of hydrogen-bond donors (Lipinski definition) is 1. The van der Waals surface area contributed by atoms with Gasteiger partial charge in [0.1, 0.15) is 0 Å². The van der Waals surface area contributed by atoms with Crippen LogP contribution in [0.15, 0.2) is 30.3 Å². The van der Waals surface area contributed by atoms with Gasteiger partial charge in [0.2, 0.25) is 11.9 Å². The lowest BCUT2D eigenvalue weighted by atomic mass is 10.3. The van der Waals surface area contributed by atoms with E-state index < -0.39 is 25.0 Å². The Labute approximate surface area is 141 Å². The maximum Gasteiger partial charge on any atom is 0.340 e. The van der Waals surface area contributed by atoms with E-state index >= 15 is 0 Å². The smallest absolute Gasteiger partial charge is 0.340 e. The largest absolute Gasteiger partial charge is 0.457 e. The Hall–Kier alpha value is -2.65. The molecule has 1 N–H and O–H groups in total. The summed E-state index contributed by atoms with van der Waals surface area (Å²) < 4.78 is 55.2. The maximum absolute atomic E-state index is 13.0. The number of nitrogens with one attached hydrogen (secondary N) is 1. The lowest BCUT2D eigenvalue weighted by molar-refractivity contribution is -0.149. The van der Waals surface area contributed by atoms with Crippen molar-refractivity contribution >= 4 is 17.6 Å². The first-order chi connectivity index (χ1) is 11.8. The highest BCUT2D eigenvalue weighted by atomic mass is 19.3. The van der Waals surface area contributed by atoms with E-state index in [0.717, 1.165) is 0 Å². The van der Waals surface area contributed by atoms with Gasteiger partial charge < -0.3 is 15.0 Å². The van der Waals surface area contributed by atoms with Crippen LogP contribution in [0.3, 0.4) is 0 Å². The maximum atomic E-state index is 13.0. The van der Waals surface area contributed by atoms with E-state index in [1.54, 1.807) is 36.2 Å². The molecule has 10 heteroatoms. The number of aromatic nitrogens is 3. The van der Waals surface area contributed by atoms with E-state index in [1.807, 2.05) is 13.0 Å². The van der Waals surface area contributed by atoms with Gasteiger partial charge in [-0.15, -0.1) is 0 Å². The van der Waals surface area contributed by atoms with Crippen LogP contribution in [0.2, 0.25) is 0 Å². The highest BCUT2D eigenvalue weighted by molar-refractivity contribution is 5.54. The first-order valence-corrected chi connectivity index (χ1v) is 7.40. The topological polar surface area (TPSA) is 63.2 Å². The number of benzene rings is 1. The van der Waals surface area contributed by atoms with Gasteiger partial charge in [-0.05, 0) is 19.1 Å². The van der Waals surface area contributed by atoms with Gasteiger partial charge in [-0.1, -0.05) is 18.2 Å². The molecule has 0 aliphatic carbocycles. The second-order valence-corrected chi connectivity index (χ2v) is 5.10. The zero-order valence-electron chi connectivity index (χ0n) is 13.6. The fourth-order valence-electron chi connectivity index (χ4n) is 1.65. The number of alkyl halides is 4. The predicted molar refractivity (Wildman–Crippen MR) is 84.9 cm³/mol. The van der Waals surface area contributed by atoms with Crippen molar-refractivity contribution in [3.05, 3.63) is 30.3 Å². The van der Waals surface area contributed by atoms with E-state index in [1.165, 1.54) is 0 Å². The zero-order valence-corrected chi connectivity index (χ0v) is 13.6. The monoisotopic (exact) mass is 359 g/mol. The minimum absolute atomic E-state index is 0.0480. The van der Waals surface area contributed by atoms with E-state index in [9.17, 15) is 17.6 Å². The van der Waals surface area contributed by atoms with E-state index in [0.29, 0.717) is 12.2 Å². The molecule has 6 nitrogen and oxygen atoms in total. The van der Waals surface area contributed by atoms with Gasteiger partial charge in [-0.2, -0.15) is 23.7 Å². The average Bonchev–Trinajstić information content (AvgIpc) is 2.60. The van der Waals surface area contributed by atoms with Crippen molar-refractivity contribution in [1.29, 1.82) is 0 Å². The molecule has 0 aliphatic heterocycles. The normalized spacial score (nSPS) is 11.5. The highest BCUT2D eigenvalue weighted by Gasteiger charge is 2.42. The highest BCUT2D eigenvalue weighted by Crippen LogP contribution is 2.24. The number of halogens is 4. The second kappa shape index (κ2) is 7.95. The van der Waals surface area contributed by atoms with Crippen LogP contribution in [-0.4, -0.2) is 47.5 Å². The number of ether oxygens (including phenoxy) is 1. The Bertz CT molecular complexity index is 687. The molecule has 2 rings (SSSR count). The van der Waals surface area contributed by atoms with Gasteiger partial charge in [-0.25, -0.2) is 8.78 Å². The third-order valence-electron chi connectivity index (χ3n) is 3.16. The SMILES string of the molecule is CCN(C)c1nc(Nc2ccccc2)nc(OCC(F)(F)C(F)F)n1. The quantitative estimate of drug-likeness (QED) is 0.730.